The molecular formula is C29H47Br. The zero-order valence-corrected chi connectivity index (χ0v) is 23.1. The average Bonchev–Trinajstić information content (AvgIpc) is 2.59. The van der Waals surface area contributed by atoms with Crippen LogP contribution in [-0.2, 0) is 16.2 Å². The molecule has 2 saturated carbocycles. The Bertz CT molecular complexity index is 780. The summed E-state index contributed by atoms with van der Waals surface area (Å²) >= 11 is 3.80. The van der Waals surface area contributed by atoms with Crippen LogP contribution >= 0.6 is 15.9 Å². The Morgan fingerprint density at radius 3 is 2.10 bits per heavy atom. The van der Waals surface area contributed by atoms with E-state index in [1.165, 1.54) is 48.8 Å². The third-order valence-corrected chi connectivity index (χ3v) is 10.1. The van der Waals surface area contributed by atoms with Crippen LogP contribution in [0.5, 0.6) is 0 Å². The fraction of sp³-hybridized carbons (Fsp3) is 0.793. The van der Waals surface area contributed by atoms with E-state index >= 15 is 0 Å². The molecule has 0 radical (unpaired) electrons. The molecule has 1 aromatic rings. The summed E-state index contributed by atoms with van der Waals surface area (Å²) in [7, 11) is 0. The Labute approximate surface area is 196 Å². The predicted molar refractivity (Wildman–Crippen MR) is 137 cm³/mol. The summed E-state index contributed by atoms with van der Waals surface area (Å²) in [5, 5.41) is 0.954. The number of halogens is 1. The monoisotopic (exact) mass is 474 g/mol. The topological polar surface area (TPSA) is 0 Å². The second-order valence-corrected chi connectivity index (χ2v) is 14.0. The minimum atomic E-state index is 0.187. The zero-order valence-electron chi connectivity index (χ0n) is 21.5. The van der Waals surface area contributed by atoms with Crippen LogP contribution in [0.3, 0.4) is 0 Å². The molecule has 3 rings (SSSR count). The molecule has 0 amide bonds. The first-order valence-electron chi connectivity index (χ1n) is 12.4. The molecule has 1 aromatic carbocycles. The summed E-state index contributed by atoms with van der Waals surface area (Å²) in [5.74, 6) is 2.38. The van der Waals surface area contributed by atoms with Gasteiger partial charge in [-0.1, -0.05) is 90.4 Å². The fourth-order valence-corrected chi connectivity index (χ4v) is 7.86. The summed E-state index contributed by atoms with van der Waals surface area (Å²) in [5.41, 5.74) is 7.62. The molecule has 2 aliphatic carbocycles. The highest BCUT2D eigenvalue weighted by Crippen LogP contribution is 2.65. The van der Waals surface area contributed by atoms with Gasteiger partial charge in [0.25, 0.3) is 0 Å². The molecule has 4 unspecified atom stereocenters. The van der Waals surface area contributed by atoms with Crippen molar-refractivity contribution in [1.29, 1.82) is 0 Å². The lowest BCUT2D eigenvalue weighted by Crippen LogP contribution is -2.52. The first-order valence-corrected chi connectivity index (χ1v) is 13.5. The largest absolute Gasteiger partial charge is 0.0876 e. The number of hydrogen-bond acceptors (Lipinski definition) is 0. The molecule has 2 bridgehead atoms. The van der Waals surface area contributed by atoms with E-state index in [4.69, 9.17) is 0 Å². The van der Waals surface area contributed by atoms with Gasteiger partial charge in [-0.05, 0) is 101 Å². The first kappa shape index (κ1) is 24.3. The SMILES string of the molecule is Cc1c(CBr)cc(C(C)(C)C)cc1C1(C)CC2CC(C)(C(C)C)CC(C(C)C)(C2)C1. The standard InChI is InChI=1S/C29H47Br/c1-19(2)27(9)13-22-14-28(10,18-29(15-22,17-27)20(3)4)25-12-24(26(6,7)8)11-23(16-30)21(25)5/h11-12,19-20,22H,13-18H2,1-10H3. The lowest BCUT2D eigenvalue weighted by atomic mass is 9.44. The van der Waals surface area contributed by atoms with Gasteiger partial charge in [-0.2, -0.15) is 0 Å². The average molecular weight is 476 g/mol. The van der Waals surface area contributed by atoms with Crippen molar-refractivity contribution < 1.29 is 0 Å². The van der Waals surface area contributed by atoms with Crippen molar-refractivity contribution in [1.82, 2.24) is 0 Å². The van der Waals surface area contributed by atoms with E-state index in [2.05, 4.69) is 97.3 Å². The Balaban J connectivity index is 2.13. The molecule has 0 N–H and O–H groups in total. The Kier molecular flexibility index (Phi) is 6.43. The van der Waals surface area contributed by atoms with Crippen molar-refractivity contribution in [3.8, 4) is 0 Å². The third-order valence-electron chi connectivity index (χ3n) is 9.48. The summed E-state index contributed by atoms with van der Waals surface area (Å²) in [6.45, 7) is 24.6. The molecule has 0 spiro atoms. The fourth-order valence-electron chi connectivity index (χ4n) is 7.28. The summed E-state index contributed by atoms with van der Waals surface area (Å²) in [4.78, 5) is 0. The Morgan fingerprint density at radius 1 is 0.967 bits per heavy atom. The van der Waals surface area contributed by atoms with Crippen LogP contribution in [0, 0.1) is 35.5 Å². The van der Waals surface area contributed by atoms with Gasteiger partial charge in [0.1, 0.15) is 0 Å². The molecule has 0 aromatic heterocycles. The van der Waals surface area contributed by atoms with Crippen molar-refractivity contribution >= 4 is 15.9 Å². The van der Waals surface area contributed by atoms with Crippen molar-refractivity contribution in [2.24, 2.45) is 28.6 Å². The smallest absolute Gasteiger partial charge is 0.0285 e. The van der Waals surface area contributed by atoms with E-state index in [1.54, 1.807) is 5.56 Å². The molecule has 30 heavy (non-hydrogen) atoms. The number of benzene rings is 1. The molecule has 1 heteroatoms. The van der Waals surface area contributed by atoms with E-state index in [-0.39, 0.29) is 10.8 Å². The van der Waals surface area contributed by atoms with Gasteiger partial charge in [-0.15, -0.1) is 0 Å². The van der Waals surface area contributed by atoms with Gasteiger partial charge in [0.2, 0.25) is 0 Å². The molecule has 0 nitrogen and oxygen atoms in total. The summed E-state index contributed by atoms with van der Waals surface area (Å²) in [6, 6.07) is 5.05. The lowest BCUT2D eigenvalue weighted by molar-refractivity contribution is -0.0839. The highest BCUT2D eigenvalue weighted by molar-refractivity contribution is 9.08. The Morgan fingerprint density at radius 2 is 1.60 bits per heavy atom. The van der Waals surface area contributed by atoms with Gasteiger partial charge in [0.15, 0.2) is 0 Å². The van der Waals surface area contributed by atoms with Crippen LogP contribution in [0.1, 0.15) is 117 Å². The van der Waals surface area contributed by atoms with Crippen LogP contribution in [0.2, 0.25) is 0 Å². The number of fused-ring (bicyclic) bond motifs is 2. The van der Waals surface area contributed by atoms with Crippen LogP contribution in [-0.4, -0.2) is 0 Å². The van der Waals surface area contributed by atoms with Gasteiger partial charge >= 0.3 is 0 Å². The first-order chi connectivity index (χ1) is 13.7. The normalized spacial score (nSPS) is 34.6. The molecule has 4 atom stereocenters. The van der Waals surface area contributed by atoms with Crippen LogP contribution < -0.4 is 0 Å². The second-order valence-electron chi connectivity index (χ2n) is 13.4. The van der Waals surface area contributed by atoms with Gasteiger partial charge in [0.05, 0.1) is 0 Å². The van der Waals surface area contributed by atoms with Gasteiger partial charge < -0.3 is 0 Å². The van der Waals surface area contributed by atoms with Crippen LogP contribution in [0.4, 0.5) is 0 Å². The van der Waals surface area contributed by atoms with Gasteiger partial charge in [-0.3, -0.25) is 0 Å². The predicted octanol–water partition coefficient (Wildman–Crippen LogP) is 9.34. The minimum absolute atomic E-state index is 0.187. The van der Waals surface area contributed by atoms with Gasteiger partial charge in [-0.25, -0.2) is 0 Å². The number of hydrogen-bond donors (Lipinski definition) is 0. The molecule has 2 fully saturated rings. The van der Waals surface area contributed by atoms with Gasteiger partial charge in [0, 0.05) is 5.33 Å². The maximum absolute atomic E-state index is 3.80. The molecule has 170 valence electrons. The number of alkyl halides is 1. The van der Waals surface area contributed by atoms with Crippen molar-refractivity contribution in [2.75, 3.05) is 0 Å². The van der Waals surface area contributed by atoms with Crippen LogP contribution in [0.15, 0.2) is 12.1 Å². The minimum Gasteiger partial charge on any atom is -0.0876 e. The van der Waals surface area contributed by atoms with Crippen LogP contribution in [0.25, 0.3) is 0 Å². The lowest BCUT2D eigenvalue weighted by Gasteiger charge is -2.61. The maximum Gasteiger partial charge on any atom is 0.0285 e. The van der Waals surface area contributed by atoms with E-state index in [0.29, 0.717) is 10.8 Å². The summed E-state index contributed by atoms with van der Waals surface area (Å²) < 4.78 is 0. The molecule has 0 saturated heterocycles. The quantitative estimate of drug-likeness (QED) is 0.381. The van der Waals surface area contributed by atoms with E-state index in [9.17, 15) is 0 Å². The Hall–Kier alpha value is -0.300. The third kappa shape index (κ3) is 4.18. The van der Waals surface area contributed by atoms with Crippen molar-refractivity contribution in [3.05, 3.63) is 34.4 Å². The van der Waals surface area contributed by atoms with Crippen molar-refractivity contribution in [3.63, 3.8) is 0 Å². The molecule has 0 heterocycles. The second kappa shape index (κ2) is 7.93. The molecule has 0 aliphatic heterocycles. The van der Waals surface area contributed by atoms with Crippen molar-refractivity contribution in [2.45, 2.75) is 118 Å². The maximum atomic E-state index is 3.80. The highest BCUT2D eigenvalue weighted by Gasteiger charge is 2.56. The number of rotatable bonds is 4. The van der Waals surface area contributed by atoms with E-state index < -0.39 is 0 Å². The molecule has 2 aliphatic rings. The van der Waals surface area contributed by atoms with E-state index in [0.717, 1.165) is 23.1 Å². The summed E-state index contributed by atoms with van der Waals surface area (Å²) in [6.07, 6.45) is 6.99. The van der Waals surface area contributed by atoms with E-state index in [1.807, 2.05) is 0 Å². The molecular weight excluding hydrogens is 428 g/mol. The highest BCUT2D eigenvalue weighted by atomic mass is 79.9. The zero-order chi connectivity index (χ0) is 22.7.